The van der Waals surface area contributed by atoms with E-state index in [1.165, 1.54) is 6.42 Å². The second-order valence-electron chi connectivity index (χ2n) is 10.3. The molecule has 4 atom stereocenters. The monoisotopic (exact) mass is 673 g/mol. The summed E-state index contributed by atoms with van der Waals surface area (Å²) in [4.78, 5) is 0. The van der Waals surface area contributed by atoms with Crippen molar-refractivity contribution < 1.29 is 26.7 Å². The molecular weight excluding hydrogens is 585 g/mol. The van der Waals surface area contributed by atoms with E-state index >= 15 is 0 Å². The van der Waals surface area contributed by atoms with Crippen LogP contribution in [0.25, 0.3) is 0 Å². The van der Waals surface area contributed by atoms with Crippen LogP contribution >= 0.6 is 0 Å². The first-order valence-electron chi connectivity index (χ1n) is 10.9. The highest BCUT2D eigenvalue weighted by Crippen LogP contribution is 2.29. The lowest BCUT2D eigenvalue weighted by molar-refractivity contribution is -0.503. The van der Waals surface area contributed by atoms with Crippen LogP contribution in [0.5, 0.6) is 0 Å². The second kappa shape index (κ2) is 31.3. The van der Waals surface area contributed by atoms with Gasteiger partial charge in [0.1, 0.15) is 0 Å². The minimum absolute atomic E-state index is 0. The molecule has 0 saturated heterocycles. The summed E-state index contributed by atoms with van der Waals surface area (Å²) in [7, 11) is -12.4. The number of hydrogen-bond donors (Lipinski definition) is 0. The normalized spacial score (nSPS) is 14.4. The Balaban J connectivity index is -0.0000000523. The molecule has 0 amide bonds. The molecule has 0 aliphatic heterocycles. The predicted octanol–water partition coefficient (Wildman–Crippen LogP) is 10.4. The molecule has 0 aromatic carbocycles. The van der Waals surface area contributed by atoms with E-state index in [9.17, 15) is 10.2 Å². The smallest absolute Gasteiger partial charge is 0.315 e. The zero-order valence-corrected chi connectivity index (χ0v) is 26.8. The maximum absolute atomic E-state index is 12.7. The van der Waals surface area contributed by atoms with Crippen molar-refractivity contribution >= 4 is 42.3 Å². The maximum atomic E-state index is 12.7. The van der Waals surface area contributed by atoms with Crippen molar-refractivity contribution in [3.05, 3.63) is 13.3 Å². The average molecular weight is 673 g/mol. The molecule has 0 aromatic rings. The third-order valence-corrected chi connectivity index (χ3v) is 22.1. The molecule has 0 N–H and O–H groups in total. The van der Waals surface area contributed by atoms with Crippen LogP contribution < -0.4 is 10.2 Å². The molecule has 6 nitrogen and oxygen atoms in total. The molecule has 0 saturated carbocycles. The van der Waals surface area contributed by atoms with E-state index in [1.807, 2.05) is 39.3 Å². The first-order chi connectivity index (χ1) is 13.2. The minimum atomic E-state index is -3.31. The van der Waals surface area contributed by atoms with Gasteiger partial charge in [-0.2, -0.15) is 13.3 Å². The molecule has 4 unspecified atom stereocenters. The zero-order chi connectivity index (χ0) is 24.6. The predicted molar refractivity (Wildman–Crippen MR) is 203 cm³/mol. The number of rotatable bonds is 12. The Morgan fingerprint density at radius 1 is 0.600 bits per heavy atom. The minimum Gasteiger partial charge on any atom is -0.877 e. The quantitative estimate of drug-likeness (QED) is 0.152. The fourth-order valence-corrected chi connectivity index (χ4v) is 25.4. The van der Waals surface area contributed by atoms with E-state index in [-0.39, 0.29) is 74.3 Å². The first kappa shape index (κ1) is 77.9. The van der Waals surface area contributed by atoms with Crippen LogP contribution in [0.3, 0.4) is 0 Å². The molecule has 0 aromatic heterocycles. The molecular formula is C29H88O6Si5-4. The van der Waals surface area contributed by atoms with Crippen molar-refractivity contribution in [1.82, 2.24) is 0 Å². The summed E-state index contributed by atoms with van der Waals surface area (Å²) in [6.07, 6.45) is 1.79. The Hall–Kier alpha value is 0.844. The van der Waals surface area contributed by atoms with Gasteiger partial charge in [0.2, 0.25) is 0 Å². The van der Waals surface area contributed by atoms with Gasteiger partial charge in [0.05, 0.1) is 0 Å². The summed E-state index contributed by atoms with van der Waals surface area (Å²) >= 11 is 0. The molecule has 264 valence electrons. The Morgan fingerprint density at radius 3 is 1.10 bits per heavy atom. The van der Waals surface area contributed by atoms with Crippen LogP contribution in [0.4, 0.5) is 0 Å². The maximum Gasteiger partial charge on any atom is 0.315 e. The molecule has 0 heterocycles. The highest BCUT2D eigenvalue weighted by molar-refractivity contribution is 6.91. The summed E-state index contributed by atoms with van der Waals surface area (Å²) in [6, 6.07) is 0.796. The van der Waals surface area contributed by atoms with Crippen molar-refractivity contribution in [1.29, 1.82) is 0 Å². The zero-order valence-electron chi connectivity index (χ0n) is 21.8. The Morgan fingerprint density at radius 2 is 0.900 bits per heavy atom. The highest BCUT2D eigenvalue weighted by atomic mass is 28.5. The van der Waals surface area contributed by atoms with Crippen LogP contribution in [-0.4, -0.2) is 54.1 Å². The largest absolute Gasteiger partial charge is 0.877 e. The lowest BCUT2D eigenvalue weighted by Crippen LogP contribution is -2.71. The highest BCUT2D eigenvalue weighted by Gasteiger charge is 2.47. The van der Waals surface area contributed by atoms with E-state index in [0.29, 0.717) is 0 Å². The summed E-state index contributed by atoms with van der Waals surface area (Å²) in [5.41, 5.74) is -1.50. The summed E-state index contributed by atoms with van der Waals surface area (Å²) in [5, 5.41) is 24.5. The van der Waals surface area contributed by atoms with Crippen molar-refractivity contribution in [3.8, 4) is 0 Å². The van der Waals surface area contributed by atoms with Gasteiger partial charge >= 0.3 is 17.1 Å². The Kier molecular flexibility index (Phi) is 60.9. The Labute approximate surface area is 266 Å². The third kappa shape index (κ3) is 36.9. The molecule has 0 aliphatic carbocycles. The van der Waals surface area contributed by atoms with Crippen molar-refractivity contribution in [2.45, 2.75) is 185 Å². The molecule has 0 rings (SSSR count). The summed E-state index contributed by atoms with van der Waals surface area (Å²) < 4.78 is 25.3. The molecule has 0 radical (unpaired) electrons. The van der Waals surface area contributed by atoms with Crippen molar-refractivity contribution in [2.75, 3.05) is 0 Å². The molecule has 11 heteroatoms. The SMILES string of the molecule is C.C.C.C.C.C.C.C.C.C.C[CH-]CC.[CH2-]C([O-])C([O-])[Si](C)(O[Si](C)(C)C)O[Si](C)(C)O[Si](C)(CC)O[Si](C)(C)C. The summed E-state index contributed by atoms with van der Waals surface area (Å²) in [5.74, 6) is 0. The van der Waals surface area contributed by atoms with Gasteiger partial charge < -0.3 is 40.0 Å². The van der Waals surface area contributed by atoms with Gasteiger partial charge in [-0.25, -0.2) is 0 Å². The topological polar surface area (TPSA) is 83.0 Å². The third-order valence-electron chi connectivity index (χ3n) is 3.85. The van der Waals surface area contributed by atoms with Gasteiger partial charge in [-0.3, -0.25) is 6.10 Å². The second-order valence-corrected chi connectivity index (χ2v) is 30.4. The van der Waals surface area contributed by atoms with E-state index in [4.69, 9.17) is 16.5 Å². The van der Waals surface area contributed by atoms with E-state index in [1.54, 1.807) is 6.55 Å². The standard InChI is InChI=1S/C15H39O6Si5.C4H9.10CH4/c1-13-25(11,18-22(3,4)5)20-24(9,10)21-26(12,15(17)14(2)16)19-23(6,7)8;1-3-4-2;;;;;;;;;;/h14-15H,2,13H2,1,3-12H3;3H,4H2,1-2H3;10*1H4/q-3;-1;;;;;;;;;;. The molecule has 0 fully saturated rings. The fourth-order valence-electron chi connectivity index (χ4n) is 2.92. The molecule has 0 spiro atoms. The van der Waals surface area contributed by atoms with E-state index in [2.05, 4.69) is 53.8 Å². The fraction of sp³-hybridized carbons (Fsp3) is 0.931. The van der Waals surface area contributed by atoms with Crippen molar-refractivity contribution in [2.24, 2.45) is 0 Å². The van der Waals surface area contributed by atoms with Gasteiger partial charge in [-0.15, -0.1) is 5.73 Å². The Bertz CT molecular complexity index is 485. The van der Waals surface area contributed by atoms with Gasteiger partial charge in [-0.1, -0.05) is 88.1 Å². The number of hydrogen-bond acceptors (Lipinski definition) is 6. The molecule has 0 aliphatic rings. The van der Waals surface area contributed by atoms with Crippen molar-refractivity contribution in [3.63, 3.8) is 0 Å². The van der Waals surface area contributed by atoms with Crippen LogP contribution in [0.2, 0.25) is 71.5 Å². The average Bonchev–Trinajstić information content (AvgIpc) is 2.49. The van der Waals surface area contributed by atoms with Gasteiger partial charge in [-0.05, 0) is 71.5 Å². The van der Waals surface area contributed by atoms with Crippen LogP contribution in [-0.2, 0) is 16.5 Å². The molecule has 40 heavy (non-hydrogen) atoms. The van der Waals surface area contributed by atoms with E-state index < -0.39 is 54.1 Å². The summed E-state index contributed by atoms with van der Waals surface area (Å²) in [6.45, 7) is 29.6. The van der Waals surface area contributed by atoms with Crippen LogP contribution in [0.1, 0.15) is 101 Å². The van der Waals surface area contributed by atoms with E-state index in [0.717, 1.165) is 6.04 Å². The van der Waals surface area contributed by atoms with Gasteiger partial charge in [0.15, 0.2) is 16.6 Å². The van der Waals surface area contributed by atoms with Crippen LogP contribution in [0.15, 0.2) is 0 Å². The van der Waals surface area contributed by atoms with Gasteiger partial charge in [0.25, 0.3) is 8.56 Å². The lowest BCUT2D eigenvalue weighted by atomic mass is 10.4. The van der Waals surface area contributed by atoms with Crippen LogP contribution in [0, 0.1) is 13.3 Å². The first-order valence-corrected chi connectivity index (χ1v) is 25.4. The lowest BCUT2D eigenvalue weighted by Gasteiger charge is -2.54. The van der Waals surface area contributed by atoms with Gasteiger partial charge in [0, 0.05) is 0 Å². The number of unbranched alkanes of at least 4 members (excludes halogenated alkanes) is 1. The molecule has 0 bridgehead atoms.